The van der Waals surface area contributed by atoms with E-state index in [1.54, 1.807) is 18.1 Å². The van der Waals surface area contributed by atoms with Crippen LogP contribution in [0.15, 0.2) is 6.33 Å². The number of rotatable bonds is 5. The highest BCUT2D eigenvalue weighted by Gasteiger charge is 2.31. The standard InChI is InChI=1S/C12H20N2O4Si/c1-6-17-11(15)9-10(12(16)18-7-2)14(8-13-9)19(3,4)5/h8H,6-7H2,1-5H3. The lowest BCUT2D eigenvalue weighted by Crippen LogP contribution is -2.35. The van der Waals surface area contributed by atoms with Gasteiger partial charge in [0, 0.05) is 0 Å². The quantitative estimate of drug-likeness (QED) is 0.610. The largest absolute Gasteiger partial charge is 0.461 e. The lowest BCUT2D eigenvalue weighted by Gasteiger charge is -2.20. The highest BCUT2D eigenvalue weighted by molar-refractivity contribution is 6.74. The first-order chi connectivity index (χ1) is 8.82. The molecule has 0 aliphatic heterocycles. The van der Waals surface area contributed by atoms with Gasteiger partial charge in [-0.3, -0.25) is 0 Å². The molecule has 19 heavy (non-hydrogen) atoms. The number of hydrogen-bond donors (Lipinski definition) is 0. The third-order valence-electron chi connectivity index (χ3n) is 2.43. The molecule has 0 spiro atoms. The van der Waals surface area contributed by atoms with Crippen molar-refractivity contribution in [3.05, 3.63) is 17.7 Å². The van der Waals surface area contributed by atoms with Crippen LogP contribution in [0.5, 0.6) is 0 Å². The van der Waals surface area contributed by atoms with E-state index in [2.05, 4.69) is 4.98 Å². The average Bonchev–Trinajstić information content (AvgIpc) is 2.73. The van der Waals surface area contributed by atoms with E-state index in [1.807, 2.05) is 19.6 Å². The van der Waals surface area contributed by atoms with Crippen molar-refractivity contribution >= 4 is 20.2 Å². The Morgan fingerprint density at radius 2 is 1.68 bits per heavy atom. The van der Waals surface area contributed by atoms with E-state index in [1.165, 1.54) is 6.33 Å². The number of nitrogens with zero attached hydrogens (tertiary/aromatic N) is 2. The first-order valence-electron chi connectivity index (χ1n) is 6.25. The molecule has 1 heterocycles. The van der Waals surface area contributed by atoms with Gasteiger partial charge in [-0.05, 0) is 13.8 Å². The Bertz CT molecular complexity index is 477. The third kappa shape index (κ3) is 3.43. The van der Waals surface area contributed by atoms with Crippen LogP contribution < -0.4 is 0 Å². The molecule has 0 radical (unpaired) electrons. The lowest BCUT2D eigenvalue weighted by molar-refractivity contribution is 0.0470. The number of imidazole rings is 1. The SMILES string of the molecule is CCOC(=O)c1ncn([Si](C)(C)C)c1C(=O)OCC. The Balaban J connectivity index is 3.30. The molecule has 0 saturated heterocycles. The maximum Gasteiger partial charge on any atom is 0.359 e. The molecule has 6 nitrogen and oxygen atoms in total. The van der Waals surface area contributed by atoms with Crippen molar-refractivity contribution in [2.75, 3.05) is 13.2 Å². The maximum atomic E-state index is 12.0. The Hall–Kier alpha value is -1.63. The van der Waals surface area contributed by atoms with Crippen molar-refractivity contribution in [3.63, 3.8) is 0 Å². The monoisotopic (exact) mass is 284 g/mol. The van der Waals surface area contributed by atoms with Crippen molar-refractivity contribution in [3.8, 4) is 0 Å². The molecule has 1 aromatic rings. The number of ether oxygens (including phenoxy) is 2. The zero-order valence-corrected chi connectivity index (χ0v) is 13.0. The van der Waals surface area contributed by atoms with Gasteiger partial charge in [0.2, 0.25) is 0 Å². The van der Waals surface area contributed by atoms with Gasteiger partial charge < -0.3 is 13.7 Å². The van der Waals surface area contributed by atoms with Gasteiger partial charge in [0.25, 0.3) is 0 Å². The lowest BCUT2D eigenvalue weighted by atomic mass is 10.3. The van der Waals surface area contributed by atoms with Gasteiger partial charge in [0.05, 0.1) is 19.5 Å². The van der Waals surface area contributed by atoms with Crippen LogP contribution in [-0.4, -0.2) is 42.6 Å². The zero-order valence-electron chi connectivity index (χ0n) is 12.0. The summed E-state index contributed by atoms with van der Waals surface area (Å²) in [6.45, 7) is 10.1. The summed E-state index contributed by atoms with van der Waals surface area (Å²) in [5.41, 5.74) is 0.224. The highest BCUT2D eigenvalue weighted by atomic mass is 28.3. The van der Waals surface area contributed by atoms with Crippen LogP contribution in [0.2, 0.25) is 19.6 Å². The predicted molar refractivity (Wildman–Crippen MR) is 72.9 cm³/mol. The molecule has 1 rings (SSSR count). The predicted octanol–water partition coefficient (Wildman–Crippen LogP) is 1.92. The number of carbonyl (C=O) groups is 2. The summed E-state index contributed by atoms with van der Waals surface area (Å²) >= 11 is 0. The van der Waals surface area contributed by atoms with E-state index in [0.29, 0.717) is 0 Å². The molecule has 0 bridgehead atoms. The molecule has 7 heteroatoms. The van der Waals surface area contributed by atoms with Gasteiger partial charge in [-0.25, -0.2) is 14.6 Å². The normalized spacial score (nSPS) is 11.2. The van der Waals surface area contributed by atoms with Crippen molar-refractivity contribution in [1.29, 1.82) is 0 Å². The molecule has 106 valence electrons. The second kappa shape index (κ2) is 6.01. The number of carbonyl (C=O) groups excluding carboxylic acids is 2. The second-order valence-electron chi connectivity index (χ2n) is 4.92. The fourth-order valence-corrected chi connectivity index (χ4v) is 2.87. The summed E-state index contributed by atoms with van der Waals surface area (Å²) in [6, 6.07) is 0. The minimum atomic E-state index is -1.87. The van der Waals surface area contributed by atoms with E-state index in [4.69, 9.17) is 9.47 Å². The Labute approximate surface area is 113 Å². The fourth-order valence-electron chi connectivity index (χ4n) is 1.60. The number of aromatic nitrogens is 2. The van der Waals surface area contributed by atoms with Crippen LogP contribution in [0, 0.1) is 0 Å². The molecule has 0 aromatic carbocycles. The first kappa shape index (κ1) is 15.4. The van der Waals surface area contributed by atoms with E-state index in [-0.39, 0.29) is 24.6 Å². The summed E-state index contributed by atoms with van der Waals surface area (Å²) in [4.78, 5) is 27.9. The summed E-state index contributed by atoms with van der Waals surface area (Å²) in [6.07, 6.45) is 1.52. The van der Waals surface area contributed by atoms with E-state index >= 15 is 0 Å². The van der Waals surface area contributed by atoms with Crippen LogP contribution in [0.25, 0.3) is 0 Å². The zero-order chi connectivity index (χ0) is 14.6. The van der Waals surface area contributed by atoms with Gasteiger partial charge in [0.15, 0.2) is 19.6 Å². The molecule has 0 N–H and O–H groups in total. The summed E-state index contributed by atoms with van der Waals surface area (Å²) in [5, 5.41) is 0. The fraction of sp³-hybridized carbons (Fsp3) is 0.583. The molecule has 0 saturated carbocycles. The summed E-state index contributed by atoms with van der Waals surface area (Å²) in [5.74, 6) is -1.13. The molecule has 0 fully saturated rings. The van der Waals surface area contributed by atoms with Gasteiger partial charge >= 0.3 is 11.9 Å². The van der Waals surface area contributed by atoms with Gasteiger partial charge in [0.1, 0.15) is 0 Å². The first-order valence-corrected chi connectivity index (χ1v) is 9.69. The van der Waals surface area contributed by atoms with Crippen LogP contribution >= 0.6 is 0 Å². The van der Waals surface area contributed by atoms with Crippen molar-refractivity contribution < 1.29 is 19.1 Å². The topological polar surface area (TPSA) is 70.4 Å². The Morgan fingerprint density at radius 3 is 2.16 bits per heavy atom. The van der Waals surface area contributed by atoms with E-state index in [0.717, 1.165) is 0 Å². The van der Waals surface area contributed by atoms with Gasteiger partial charge in [-0.1, -0.05) is 19.6 Å². The van der Waals surface area contributed by atoms with Gasteiger partial charge in [-0.15, -0.1) is 0 Å². The minimum absolute atomic E-state index is 0.0303. The number of esters is 2. The molecule has 0 aliphatic rings. The molecular weight excluding hydrogens is 264 g/mol. The van der Waals surface area contributed by atoms with Crippen LogP contribution in [0.4, 0.5) is 0 Å². The maximum absolute atomic E-state index is 12.0. The Kier molecular flexibility index (Phi) is 4.88. The average molecular weight is 284 g/mol. The van der Waals surface area contributed by atoms with E-state index < -0.39 is 20.2 Å². The van der Waals surface area contributed by atoms with Crippen LogP contribution in [0.3, 0.4) is 0 Å². The molecule has 0 atom stereocenters. The van der Waals surface area contributed by atoms with Crippen LogP contribution in [0.1, 0.15) is 34.8 Å². The third-order valence-corrected chi connectivity index (χ3v) is 4.21. The molecular formula is C12H20N2O4Si. The molecule has 0 aliphatic carbocycles. The van der Waals surface area contributed by atoms with Crippen LogP contribution in [-0.2, 0) is 9.47 Å². The van der Waals surface area contributed by atoms with E-state index in [9.17, 15) is 9.59 Å². The highest BCUT2D eigenvalue weighted by Crippen LogP contribution is 2.17. The van der Waals surface area contributed by atoms with Crippen molar-refractivity contribution in [1.82, 2.24) is 9.22 Å². The van der Waals surface area contributed by atoms with Crippen molar-refractivity contribution in [2.24, 2.45) is 0 Å². The minimum Gasteiger partial charge on any atom is -0.461 e. The molecule has 1 aromatic heterocycles. The smallest absolute Gasteiger partial charge is 0.359 e. The molecule has 0 amide bonds. The van der Waals surface area contributed by atoms with Gasteiger partial charge in [-0.2, -0.15) is 0 Å². The summed E-state index contributed by atoms with van der Waals surface area (Å²) in [7, 11) is -1.87. The summed E-state index contributed by atoms with van der Waals surface area (Å²) < 4.78 is 11.7. The molecule has 0 unspecified atom stereocenters. The number of hydrogen-bond acceptors (Lipinski definition) is 5. The Morgan fingerprint density at radius 1 is 1.16 bits per heavy atom. The second-order valence-corrected chi connectivity index (χ2v) is 9.75. The van der Waals surface area contributed by atoms with Crippen molar-refractivity contribution in [2.45, 2.75) is 33.5 Å².